The molecule has 1 saturated heterocycles. The van der Waals surface area contributed by atoms with Crippen LogP contribution in [0, 0.1) is 0 Å². The second kappa shape index (κ2) is 8.55. The molecule has 1 atom stereocenters. The van der Waals surface area contributed by atoms with Gasteiger partial charge in [-0.1, -0.05) is 41.9 Å². The second-order valence-corrected chi connectivity index (χ2v) is 7.27. The topological polar surface area (TPSA) is 94.2 Å². The number of hydrogen-bond acceptors (Lipinski definition) is 4. The van der Waals surface area contributed by atoms with Crippen LogP contribution in [0.2, 0.25) is 5.02 Å². The number of nitrogens with zero attached hydrogens (tertiary/aromatic N) is 2. The Morgan fingerprint density at radius 3 is 2.66 bits per heavy atom. The summed E-state index contributed by atoms with van der Waals surface area (Å²) in [5.41, 5.74) is 8.98. The van der Waals surface area contributed by atoms with Crippen LogP contribution in [-0.4, -0.2) is 35.1 Å². The van der Waals surface area contributed by atoms with Crippen molar-refractivity contribution in [3.8, 4) is 16.9 Å². The van der Waals surface area contributed by atoms with Gasteiger partial charge in [-0.2, -0.15) is 5.10 Å². The molecule has 0 radical (unpaired) electrons. The van der Waals surface area contributed by atoms with Gasteiger partial charge in [0.25, 0.3) is 0 Å². The summed E-state index contributed by atoms with van der Waals surface area (Å²) >= 11 is 6.02. The van der Waals surface area contributed by atoms with Crippen LogP contribution < -0.4 is 16.4 Å². The van der Waals surface area contributed by atoms with Gasteiger partial charge in [-0.15, -0.1) is 0 Å². The van der Waals surface area contributed by atoms with Crippen LogP contribution in [-0.2, 0) is 4.74 Å². The number of rotatable bonds is 5. The number of nitrogens with one attached hydrogen (secondary N) is 2. The molecule has 3 aromatic rings. The number of urea groups is 1. The van der Waals surface area contributed by atoms with Crippen molar-refractivity contribution >= 4 is 29.1 Å². The second-order valence-electron chi connectivity index (χ2n) is 6.83. The summed E-state index contributed by atoms with van der Waals surface area (Å²) in [7, 11) is 0. The number of para-hydroxylation sites is 1. The van der Waals surface area contributed by atoms with Crippen molar-refractivity contribution in [2.75, 3.05) is 24.2 Å². The van der Waals surface area contributed by atoms with Crippen molar-refractivity contribution in [2.45, 2.75) is 18.9 Å². The number of hydrogen-bond donors (Lipinski definition) is 3. The van der Waals surface area contributed by atoms with Gasteiger partial charge < -0.3 is 21.1 Å². The van der Waals surface area contributed by atoms with E-state index in [4.69, 9.17) is 22.1 Å². The Morgan fingerprint density at radius 2 is 1.97 bits per heavy atom. The zero-order valence-corrected chi connectivity index (χ0v) is 16.5. The first kappa shape index (κ1) is 19.3. The molecule has 1 aliphatic heterocycles. The van der Waals surface area contributed by atoms with Crippen molar-refractivity contribution < 1.29 is 9.53 Å². The van der Waals surface area contributed by atoms with E-state index >= 15 is 0 Å². The van der Waals surface area contributed by atoms with Gasteiger partial charge in [0.15, 0.2) is 5.82 Å². The van der Waals surface area contributed by atoms with Crippen molar-refractivity contribution in [1.29, 1.82) is 0 Å². The Labute approximate surface area is 173 Å². The molecule has 0 saturated carbocycles. The molecule has 0 bridgehead atoms. The molecular formula is C21H22ClN5O2. The van der Waals surface area contributed by atoms with Gasteiger partial charge in [0.1, 0.15) is 11.4 Å². The maximum absolute atomic E-state index is 12.5. The first-order valence-electron chi connectivity index (χ1n) is 9.48. The number of carbonyl (C=O) groups is 1. The highest BCUT2D eigenvalue weighted by molar-refractivity contribution is 6.30. The lowest BCUT2D eigenvalue weighted by atomic mass is 10.1. The first-order valence-corrected chi connectivity index (χ1v) is 9.86. The van der Waals surface area contributed by atoms with Gasteiger partial charge in [-0.3, -0.25) is 0 Å². The van der Waals surface area contributed by atoms with E-state index in [1.165, 1.54) is 0 Å². The van der Waals surface area contributed by atoms with Gasteiger partial charge in [-0.05, 0) is 37.1 Å². The monoisotopic (exact) mass is 411 g/mol. The molecule has 4 rings (SSSR count). The fourth-order valence-corrected chi connectivity index (χ4v) is 3.43. The Balaban J connectivity index is 1.63. The van der Waals surface area contributed by atoms with Crippen LogP contribution in [0.5, 0.6) is 0 Å². The molecule has 1 aliphatic rings. The maximum Gasteiger partial charge on any atom is 0.319 e. The SMILES string of the molecule is Nc1c(NC(=O)NCC2CCCO2)c(-c2ccc(Cl)cc2)nn1-c1ccccc1. The minimum atomic E-state index is -0.352. The zero-order valence-electron chi connectivity index (χ0n) is 15.8. The van der Waals surface area contributed by atoms with Crippen LogP contribution in [0.4, 0.5) is 16.3 Å². The van der Waals surface area contributed by atoms with E-state index in [0.717, 1.165) is 30.7 Å². The predicted molar refractivity (Wildman–Crippen MR) is 114 cm³/mol. The van der Waals surface area contributed by atoms with Gasteiger partial charge in [0.05, 0.1) is 11.8 Å². The first-order chi connectivity index (χ1) is 14.1. The molecule has 1 fully saturated rings. The lowest BCUT2D eigenvalue weighted by molar-refractivity contribution is 0.112. The third-order valence-corrected chi connectivity index (χ3v) is 5.04. The van der Waals surface area contributed by atoms with Gasteiger partial charge >= 0.3 is 6.03 Å². The molecule has 29 heavy (non-hydrogen) atoms. The molecule has 1 aromatic heterocycles. The minimum absolute atomic E-state index is 0.0564. The average molecular weight is 412 g/mol. The van der Waals surface area contributed by atoms with Gasteiger partial charge in [0, 0.05) is 23.7 Å². The van der Waals surface area contributed by atoms with Crippen molar-refractivity contribution in [2.24, 2.45) is 0 Å². The predicted octanol–water partition coefficient (Wildman–Crippen LogP) is 4.08. The Kier molecular flexibility index (Phi) is 5.69. The highest BCUT2D eigenvalue weighted by atomic mass is 35.5. The Hall–Kier alpha value is -3.03. The summed E-state index contributed by atoms with van der Waals surface area (Å²) in [6.45, 7) is 1.19. The molecule has 7 nitrogen and oxygen atoms in total. The molecule has 0 aliphatic carbocycles. The number of ether oxygens (including phenoxy) is 1. The van der Waals surface area contributed by atoms with E-state index < -0.39 is 0 Å². The minimum Gasteiger partial charge on any atom is -0.382 e. The lowest BCUT2D eigenvalue weighted by Crippen LogP contribution is -2.35. The van der Waals surface area contributed by atoms with E-state index in [0.29, 0.717) is 28.8 Å². The molecule has 150 valence electrons. The summed E-state index contributed by atoms with van der Waals surface area (Å²) < 4.78 is 7.16. The van der Waals surface area contributed by atoms with Crippen molar-refractivity contribution in [1.82, 2.24) is 15.1 Å². The number of halogens is 1. The van der Waals surface area contributed by atoms with E-state index in [2.05, 4.69) is 15.7 Å². The molecule has 4 N–H and O–H groups in total. The molecule has 2 aromatic carbocycles. The number of amides is 2. The van der Waals surface area contributed by atoms with Crippen LogP contribution in [0.1, 0.15) is 12.8 Å². The maximum atomic E-state index is 12.5. The van der Waals surface area contributed by atoms with E-state index in [-0.39, 0.29) is 12.1 Å². The number of benzene rings is 2. The fraction of sp³-hybridized carbons (Fsp3) is 0.238. The number of nitrogen functional groups attached to an aromatic ring is 1. The van der Waals surface area contributed by atoms with Crippen LogP contribution in [0.15, 0.2) is 54.6 Å². The zero-order chi connectivity index (χ0) is 20.2. The lowest BCUT2D eigenvalue weighted by Gasteiger charge is -2.12. The smallest absolute Gasteiger partial charge is 0.319 e. The summed E-state index contributed by atoms with van der Waals surface area (Å²) in [6, 6.07) is 16.4. The van der Waals surface area contributed by atoms with E-state index in [1.54, 1.807) is 16.8 Å². The molecule has 1 unspecified atom stereocenters. The highest BCUT2D eigenvalue weighted by Crippen LogP contribution is 2.34. The summed E-state index contributed by atoms with van der Waals surface area (Å²) in [6.07, 6.45) is 2.02. The standard InChI is InChI=1S/C21H22ClN5O2/c22-15-10-8-14(9-11-15)18-19(25-21(28)24-13-17-7-4-12-29-17)20(23)27(26-18)16-5-2-1-3-6-16/h1-3,5-6,8-11,17H,4,7,12-13,23H2,(H2,24,25,28). The molecule has 0 spiro atoms. The van der Waals surface area contributed by atoms with Crippen LogP contribution in [0.3, 0.4) is 0 Å². The molecular weight excluding hydrogens is 390 g/mol. The van der Waals surface area contributed by atoms with E-state index in [1.807, 2.05) is 42.5 Å². The average Bonchev–Trinajstić information content (AvgIpc) is 3.37. The number of nitrogens with two attached hydrogens (primary N) is 1. The van der Waals surface area contributed by atoms with Gasteiger partial charge in [0.2, 0.25) is 0 Å². The molecule has 2 heterocycles. The van der Waals surface area contributed by atoms with Crippen molar-refractivity contribution in [3.05, 3.63) is 59.6 Å². The summed E-state index contributed by atoms with van der Waals surface area (Å²) in [5, 5.41) is 11.0. The fourth-order valence-electron chi connectivity index (χ4n) is 3.30. The van der Waals surface area contributed by atoms with Crippen molar-refractivity contribution in [3.63, 3.8) is 0 Å². The highest BCUT2D eigenvalue weighted by Gasteiger charge is 2.21. The summed E-state index contributed by atoms with van der Waals surface area (Å²) in [5.74, 6) is 0.341. The number of anilines is 2. The van der Waals surface area contributed by atoms with E-state index in [9.17, 15) is 4.79 Å². The van der Waals surface area contributed by atoms with Crippen LogP contribution >= 0.6 is 11.6 Å². The van der Waals surface area contributed by atoms with Gasteiger partial charge in [-0.25, -0.2) is 9.48 Å². The number of aromatic nitrogens is 2. The normalized spacial score (nSPS) is 16.0. The Bertz CT molecular complexity index is 982. The molecule has 2 amide bonds. The molecule has 8 heteroatoms. The quantitative estimate of drug-likeness (QED) is 0.589. The van der Waals surface area contributed by atoms with Crippen LogP contribution in [0.25, 0.3) is 16.9 Å². The third kappa shape index (κ3) is 4.36. The Morgan fingerprint density at radius 1 is 1.21 bits per heavy atom. The summed E-state index contributed by atoms with van der Waals surface area (Å²) in [4.78, 5) is 12.5. The third-order valence-electron chi connectivity index (χ3n) is 4.79. The largest absolute Gasteiger partial charge is 0.382 e. The number of carbonyl (C=O) groups excluding carboxylic acids is 1.